The molecule has 4 nitrogen and oxygen atoms in total. The van der Waals surface area contributed by atoms with E-state index in [4.69, 9.17) is 4.74 Å². The van der Waals surface area contributed by atoms with E-state index in [2.05, 4.69) is 0 Å². The summed E-state index contributed by atoms with van der Waals surface area (Å²) in [5.41, 5.74) is 2.66. The predicted molar refractivity (Wildman–Crippen MR) is 78.2 cm³/mol. The van der Waals surface area contributed by atoms with Gasteiger partial charge in [0, 0.05) is 18.7 Å². The highest BCUT2D eigenvalue weighted by molar-refractivity contribution is 5.96. The Morgan fingerprint density at radius 3 is 2.55 bits per heavy atom. The van der Waals surface area contributed by atoms with Crippen LogP contribution in [0.25, 0.3) is 0 Å². The van der Waals surface area contributed by atoms with Gasteiger partial charge in [0.1, 0.15) is 5.75 Å². The molecule has 0 radical (unpaired) electrons. The number of carbonyl (C=O) groups is 1. The zero-order valence-corrected chi connectivity index (χ0v) is 12.5. The Bertz CT molecular complexity index is 491. The molecule has 1 aliphatic heterocycles. The third kappa shape index (κ3) is 3.12. The summed E-state index contributed by atoms with van der Waals surface area (Å²) in [5.74, 6) is 0.899. The quantitative estimate of drug-likeness (QED) is 0.922. The van der Waals surface area contributed by atoms with E-state index in [1.807, 2.05) is 37.8 Å². The molecule has 1 amide bonds. The second kappa shape index (κ2) is 6.27. The summed E-state index contributed by atoms with van der Waals surface area (Å²) >= 11 is 0. The van der Waals surface area contributed by atoms with Crippen molar-refractivity contribution in [2.75, 3.05) is 19.7 Å². The Labute approximate surface area is 120 Å². The van der Waals surface area contributed by atoms with E-state index in [1.165, 1.54) is 0 Å². The molecular weight excluding hydrogens is 254 g/mol. The molecule has 0 aromatic heterocycles. The predicted octanol–water partition coefficient (Wildman–Crippen LogP) is 2.30. The highest BCUT2D eigenvalue weighted by atomic mass is 16.5. The van der Waals surface area contributed by atoms with Crippen molar-refractivity contribution in [3.8, 4) is 5.75 Å². The lowest BCUT2D eigenvalue weighted by Gasteiger charge is -2.30. The number of hydrogen-bond acceptors (Lipinski definition) is 3. The molecule has 0 aliphatic carbocycles. The van der Waals surface area contributed by atoms with Crippen LogP contribution in [0.3, 0.4) is 0 Å². The van der Waals surface area contributed by atoms with Crippen molar-refractivity contribution in [1.82, 2.24) is 4.90 Å². The number of aliphatic hydroxyl groups excluding tert-OH is 1. The lowest BCUT2D eigenvalue weighted by molar-refractivity contribution is 0.0546. The highest BCUT2D eigenvalue weighted by Crippen LogP contribution is 2.24. The first kappa shape index (κ1) is 14.9. The molecule has 2 rings (SSSR count). The van der Waals surface area contributed by atoms with Gasteiger partial charge in [-0.15, -0.1) is 0 Å². The Balaban J connectivity index is 2.19. The maximum Gasteiger partial charge on any atom is 0.254 e. The molecule has 0 unspecified atom stereocenters. The summed E-state index contributed by atoms with van der Waals surface area (Å²) in [4.78, 5) is 14.4. The molecule has 1 saturated heterocycles. The second-order valence-electron chi connectivity index (χ2n) is 5.39. The number of carbonyl (C=O) groups excluding carboxylic acids is 1. The Hall–Kier alpha value is -1.55. The number of ether oxygens (including phenoxy) is 1. The van der Waals surface area contributed by atoms with E-state index in [-0.39, 0.29) is 12.0 Å². The van der Waals surface area contributed by atoms with Crippen molar-refractivity contribution in [3.63, 3.8) is 0 Å². The second-order valence-corrected chi connectivity index (χ2v) is 5.39. The molecule has 1 aromatic rings. The summed E-state index contributed by atoms with van der Waals surface area (Å²) in [6, 6.07) is 3.85. The van der Waals surface area contributed by atoms with E-state index in [9.17, 15) is 9.90 Å². The zero-order valence-electron chi connectivity index (χ0n) is 12.5. The smallest absolute Gasteiger partial charge is 0.254 e. The Morgan fingerprint density at radius 1 is 1.30 bits per heavy atom. The van der Waals surface area contributed by atoms with Crippen molar-refractivity contribution in [3.05, 3.63) is 28.8 Å². The number of piperidine rings is 1. The average Bonchev–Trinajstić information content (AvgIpc) is 2.43. The van der Waals surface area contributed by atoms with E-state index in [1.54, 1.807) is 0 Å². The first-order chi connectivity index (χ1) is 9.52. The minimum Gasteiger partial charge on any atom is -0.494 e. The van der Waals surface area contributed by atoms with Gasteiger partial charge < -0.3 is 14.7 Å². The van der Waals surface area contributed by atoms with E-state index >= 15 is 0 Å². The van der Waals surface area contributed by atoms with Crippen LogP contribution < -0.4 is 4.74 Å². The average molecular weight is 277 g/mol. The number of aliphatic hydroxyl groups is 1. The molecule has 1 aliphatic rings. The van der Waals surface area contributed by atoms with Gasteiger partial charge in [0.25, 0.3) is 5.91 Å². The topological polar surface area (TPSA) is 49.8 Å². The summed E-state index contributed by atoms with van der Waals surface area (Å²) in [6.07, 6.45) is 1.07. The minimum absolute atomic E-state index is 0.0561. The standard InChI is InChI=1S/C16H23NO3/c1-4-20-15-10-11(2)14(9-12(15)3)16(19)17-7-5-13(18)6-8-17/h9-10,13,18H,4-8H2,1-3H3. The lowest BCUT2D eigenvalue weighted by Crippen LogP contribution is -2.40. The fourth-order valence-electron chi connectivity index (χ4n) is 2.57. The van der Waals surface area contributed by atoms with Gasteiger partial charge in [0.05, 0.1) is 12.7 Å². The Kier molecular flexibility index (Phi) is 4.65. The SMILES string of the molecule is CCOc1cc(C)c(C(=O)N2CCC(O)CC2)cc1C. The summed E-state index contributed by atoms with van der Waals surface area (Å²) < 4.78 is 5.55. The van der Waals surface area contributed by atoms with Crippen molar-refractivity contribution < 1.29 is 14.6 Å². The Morgan fingerprint density at radius 2 is 1.95 bits per heavy atom. The third-order valence-electron chi connectivity index (χ3n) is 3.80. The van der Waals surface area contributed by atoms with Gasteiger partial charge in [-0.25, -0.2) is 0 Å². The number of amides is 1. The van der Waals surface area contributed by atoms with Crippen LogP contribution in [0.5, 0.6) is 5.75 Å². The first-order valence-corrected chi connectivity index (χ1v) is 7.24. The van der Waals surface area contributed by atoms with Gasteiger partial charge in [-0.3, -0.25) is 4.79 Å². The van der Waals surface area contributed by atoms with Crippen LogP contribution in [0.4, 0.5) is 0 Å². The van der Waals surface area contributed by atoms with Crippen molar-refractivity contribution in [2.45, 2.75) is 39.7 Å². The maximum absolute atomic E-state index is 12.6. The van der Waals surface area contributed by atoms with Crippen LogP contribution >= 0.6 is 0 Å². The van der Waals surface area contributed by atoms with Crippen LogP contribution in [0.2, 0.25) is 0 Å². The van der Waals surface area contributed by atoms with Gasteiger partial charge >= 0.3 is 0 Å². The van der Waals surface area contributed by atoms with Crippen LogP contribution in [0.1, 0.15) is 41.3 Å². The van der Waals surface area contributed by atoms with E-state index in [0.29, 0.717) is 32.5 Å². The molecule has 1 fully saturated rings. The van der Waals surface area contributed by atoms with E-state index < -0.39 is 0 Å². The number of benzene rings is 1. The number of aryl methyl sites for hydroxylation is 2. The molecule has 1 aromatic carbocycles. The van der Waals surface area contributed by atoms with Crippen molar-refractivity contribution in [1.29, 1.82) is 0 Å². The van der Waals surface area contributed by atoms with Gasteiger partial charge in [0.2, 0.25) is 0 Å². The number of nitrogens with zero attached hydrogens (tertiary/aromatic N) is 1. The highest BCUT2D eigenvalue weighted by Gasteiger charge is 2.23. The molecule has 110 valence electrons. The molecule has 1 N–H and O–H groups in total. The summed E-state index contributed by atoms with van der Waals surface area (Å²) in [6.45, 7) is 7.73. The van der Waals surface area contributed by atoms with Crippen molar-refractivity contribution >= 4 is 5.91 Å². The fraction of sp³-hybridized carbons (Fsp3) is 0.562. The molecule has 0 bridgehead atoms. The number of likely N-dealkylation sites (tertiary alicyclic amines) is 1. The molecule has 0 atom stereocenters. The van der Waals surface area contributed by atoms with Crippen molar-refractivity contribution in [2.24, 2.45) is 0 Å². The lowest BCUT2D eigenvalue weighted by atomic mass is 10.0. The number of hydrogen-bond donors (Lipinski definition) is 1. The molecular formula is C16H23NO3. The zero-order chi connectivity index (χ0) is 14.7. The minimum atomic E-state index is -0.262. The van der Waals surface area contributed by atoms with Crippen LogP contribution in [0.15, 0.2) is 12.1 Å². The first-order valence-electron chi connectivity index (χ1n) is 7.24. The molecule has 20 heavy (non-hydrogen) atoms. The van der Waals surface area contributed by atoms with Gasteiger partial charge in [-0.05, 0) is 56.9 Å². The largest absolute Gasteiger partial charge is 0.494 e. The molecule has 1 heterocycles. The number of rotatable bonds is 3. The van der Waals surface area contributed by atoms with Gasteiger partial charge in [-0.1, -0.05) is 0 Å². The van der Waals surface area contributed by atoms with Gasteiger partial charge in [-0.2, -0.15) is 0 Å². The summed E-state index contributed by atoms with van der Waals surface area (Å²) in [7, 11) is 0. The van der Waals surface area contributed by atoms with Crippen LogP contribution in [0, 0.1) is 13.8 Å². The summed E-state index contributed by atoms with van der Waals surface area (Å²) in [5, 5.41) is 9.52. The van der Waals surface area contributed by atoms with E-state index in [0.717, 1.165) is 22.4 Å². The third-order valence-corrected chi connectivity index (χ3v) is 3.80. The molecule has 4 heteroatoms. The van der Waals surface area contributed by atoms with Gasteiger partial charge in [0.15, 0.2) is 0 Å². The molecule has 0 saturated carbocycles. The normalized spacial score (nSPS) is 16.3. The monoisotopic (exact) mass is 277 g/mol. The maximum atomic E-state index is 12.6. The fourth-order valence-corrected chi connectivity index (χ4v) is 2.57. The molecule has 0 spiro atoms. The van der Waals surface area contributed by atoms with Crippen LogP contribution in [-0.2, 0) is 0 Å². The van der Waals surface area contributed by atoms with Crippen LogP contribution in [-0.4, -0.2) is 41.7 Å².